The minimum absolute atomic E-state index is 0.0387. The van der Waals surface area contributed by atoms with Gasteiger partial charge in [-0.1, -0.05) is 50.7 Å². The zero-order valence-corrected chi connectivity index (χ0v) is 17.3. The fraction of sp³-hybridized carbons (Fsp3) is 0.133. The molecule has 0 aromatic heterocycles. The molecule has 10 heteroatoms. The number of halogens is 4. The number of carboxylic acids is 1. The molecule has 0 saturated carbocycles. The summed E-state index contributed by atoms with van der Waals surface area (Å²) >= 11 is 21.2. The van der Waals surface area contributed by atoms with Crippen molar-refractivity contribution in [2.24, 2.45) is 0 Å². The van der Waals surface area contributed by atoms with Crippen molar-refractivity contribution in [3.05, 3.63) is 55.9 Å². The topological polar surface area (TPSA) is 74.7 Å². The van der Waals surface area contributed by atoms with Gasteiger partial charge in [-0.3, -0.25) is 4.31 Å². The highest BCUT2D eigenvalue weighted by atomic mass is 79.9. The van der Waals surface area contributed by atoms with E-state index in [9.17, 15) is 18.3 Å². The van der Waals surface area contributed by atoms with Crippen LogP contribution in [0.5, 0.6) is 0 Å². The van der Waals surface area contributed by atoms with Crippen molar-refractivity contribution in [3.8, 4) is 0 Å². The Balaban J connectivity index is 2.71. The Hall–Kier alpha value is -0.990. The van der Waals surface area contributed by atoms with Gasteiger partial charge in [-0.15, -0.1) is 0 Å². The number of hydrogen-bond acceptors (Lipinski definition) is 3. The van der Waals surface area contributed by atoms with Gasteiger partial charge in [0, 0.05) is 4.47 Å². The number of carboxylic acid groups (broad SMARTS) is 1. The summed E-state index contributed by atoms with van der Waals surface area (Å²) in [5.74, 6) is -1.34. The maximum Gasteiger partial charge on any atom is 0.327 e. The summed E-state index contributed by atoms with van der Waals surface area (Å²) in [7, 11) is -4.22. The van der Waals surface area contributed by atoms with Gasteiger partial charge in [0.25, 0.3) is 10.0 Å². The highest BCUT2D eigenvalue weighted by molar-refractivity contribution is 9.10. The Morgan fingerprint density at radius 2 is 1.60 bits per heavy atom. The normalized spacial score (nSPS) is 12.7. The van der Waals surface area contributed by atoms with Crippen LogP contribution in [-0.4, -0.2) is 25.5 Å². The third-order valence-corrected chi connectivity index (χ3v) is 6.76. The molecule has 0 aliphatic rings. The summed E-state index contributed by atoms with van der Waals surface area (Å²) < 4.78 is 27.5. The summed E-state index contributed by atoms with van der Waals surface area (Å²) in [6.45, 7) is 1.23. The van der Waals surface area contributed by atoms with Crippen molar-refractivity contribution in [2.75, 3.05) is 4.31 Å². The third kappa shape index (κ3) is 4.23. The first-order valence-electron chi connectivity index (χ1n) is 6.73. The molecule has 25 heavy (non-hydrogen) atoms. The average molecular weight is 488 g/mol. The van der Waals surface area contributed by atoms with Crippen molar-refractivity contribution >= 4 is 72.4 Å². The van der Waals surface area contributed by atoms with E-state index in [4.69, 9.17) is 34.8 Å². The minimum Gasteiger partial charge on any atom is -0.480 e. The smallest absolute Gasteiger partial charge is 0.327 e. The fourth-order valence-corrected chi connectivity index (χ4v) is 4.62. The van der Waals surface area contributed by atoms with Crippen molar-refractivity contribution in [2.45, 2.75) is 17.9 Å². The Bertz CT molecular complexity index is 919. The summed E-state index contributed by atoms with van der Waals surface area (Å²) in [4.78, 5) is 11.4. The van der Waals surface area contributed by atoms with Gasteiger partial charge in [0.2, 0.25) is 0 Å². The summed E-state index contributed by atoms with van der Waals surface area (Å²) in [6, 6.07) is 6.84. The second-order valence-electron chi connectivity index (χ2n) is 4.99. The van der Waals surface area contributed by atoms with E-state index in [1.165, 1.54) is 43.3 Å². The molecule has 0 saturated heterocycles. The molecule has 0 aliphatic carbocycles. The van der Waals surface area contributed by atoms with Crippen LogP contribution in [0.25, 0.3) is 0 Å². The van der Waals surface area contributed by atoms with Crippen LogP contribution in [0.15, 0.2) is 45.8 Å². The van der Waals surface area contributed by atoms with E-state index in [2.05, 4.69) is 15.9 Å². The molecule has 0 spiro atoms. The van der Waals surface area contributed by atoms with Gasteiger partial charge in [0.05, 0.1) is 25.7 Å². The van der Waals surface area contributed by atoms with E-state index in [0.717, 1.165) is 0 Å². The molecule has 1 atom stereocenters. The molecular formula is C15H11BrCl3NO4S. The molecule has 0 bridgehead atoms. The Morgan fingerprint density at radius 3 is 2.12 bits per heavy atom. The zero-order chi connectivity index (χ0) is 18.9. The molecule has 0 heterocycles. The Kier molecular flexibility index (Phi) is 6.27. The van der Waals surface area contributed by atoms with E-state index in [-0.39, 0.29) is 25.7 Å². The quantitative estimate of drug-likeness (QED) is 0.597. The maximum absolute atomic E-state index is 13.1. The number of sulfonamides is 1. The number of rotatable bonds is 5. The second-order valence-corrected chi connectivity index (χ2v) is 8.94. The molecule has 1 unspecified atom stereocenters. The van der Waals surface area contributed by atoms with E-state index in [1.54, 1.807) is 0 Å². The molecule has 5 nitrogen and oxygen atoms in total. The van der Waals surface area contributed by atoms with Crippen LogP contribution in [-0.2, 0) is 14.8 Å². The van der Waals surface area contributed by atoms with Crippen LogP contribution in [0.2, 0.25) is 15.1 Å². The standard InChI is InChI=1S/C15H11BrCl3NO4S/c1-8(15(21)22)20(14-7-12(18)11(17)6-13(14)19)25(23,24)10-4-2-9(16)3-5-10/h2-8H,1H3,(H,21,22). The van der Waals surface area contributed by atoms with Crippen LogP contribution in [0.4, 0.5) is 5.69 Å². The van der Waals surface area contributed by atoms with Gasteiger partial charge in [-0.2, -0.15) is 0 Å². The van der Waals surface area contributed by atoms with Gasteiger partial charge in [0.15, 0.2) is 0 Å². The number of aliphatic carboxylic acids is 1. The summed E-state index contributed by atoms with van der Waals surface area (Å²) in [5, 5.41) is 9.50. The molecule has 1 N–H and O–H groups in total. The first-order valence-corrected chi connectivity index (χ1v) is 10.1. The number of hydrogen-bond donors (Lipinski definition) is 1. The Morgan fingerprint density at radius 1 is 1.08 bits per heavy atom. The van der Waals surface area contributed by atoms with Crippen LogP contribution in [0.3, 0.4) is 0 Å². The van der Waals surface area contributed by atoms with E-state index < -0.39 is 22.0 Å². The largest absolute Gasteiger partial charge is 0.480 e. The minimum atomic E-state index is -4.22. The molecule has 0 fully saturated rings. The summed E-state index contributed by atoms with van der Waals surface area (Å²) in [5.41, 5.74) is -0.0751. The predicted octanol–water partition coefficient (Wildman–Crippen LogP) is 5.08. The number of nitrogens with zero attached hydrogens (tertiary/aromatic N) is 1. The van der Waals surface area contributed by atoms with Crippen LogP contribution >= 0.6 is 50.7 Å². The predicted molar refractivity (Wildman–Crippen MR) is 102 cm³/mol. The van der Waals surface area contributed by atoms with Crippen LogP contribution in [0.1, 0.15) is 6.92 Å². The molecule has 2 aromatic carbocycles. The second kappa shape index (κ2) is 7.72. The molecule has 0 radical (unpaired) electrons. The first-order chi connectivity index (χ1) is 11.6. The fourth-order valence-electron chi connectivity index (χ4n) is 2.05. The SMILES string of the molecule is CC(C(=O)O)N(c1cc(Cl)c(Cl)cc1Cl)S(=O)(=O)c1ccc(Br)cc1. The van der Waals surface area contributed by atoms with Crippen molar-refractivity contribution < 1.29 is 18.3 Å². The average Bonchev–Trinajstić information content (AvgIpc) is 2.52. The lowest BCUT2D eigenvalue weighted by Gasteiger charge is -2.29. The number of anilines is 1. The van der Waals surface area contributed by atoms with Gasteiger partial charge >= 0.3 is 5.97 Å². The molecule has 0 amide bonds. The van der Waals surface area contributed by atoms with Gasteiger partial charge in [-0.25, -0.2) is 13.2 Å². The lowest BCUT2D eigenvalue weighted by Crippen LogP contribution is -2.43. The van der Waals surface area contributed by atoms with Crippen LogP contribution < -0.4 is 4.31 Å². The van der Waals surface area contributed by atoms with Crippen molar-refractivity contribution in [1.82, 2.24) is 0 Å². The molecule has 134 valence electrons. The number of carbonyl (C=O) groups is 1. The first kappa shape index (κ1) is 20.3. The van der Waals surface area contributed by atoms with Crippen molar-refractivity contribution in [1.29, 1.82) is 0 Å². The van der Waals surface area contributed by atoms with Crippen molar-refractivity contribution in [3.63, 3.8) is 0 Å². The monoisotopic (exact) mass is 485 g/mol. The summed E-state index contributed by atoms with van der Waals surface area (Å²) in [6.07, 6.45) is 0. The number of benzene rings is 2. The molecule has 2 aromatic rings. The maximum atomic E-state index is 13.1. The highest BCUT2D eigenvalue weighted by Crippen LogP contribution is 2.38. The zero-order valence-electron chi connectivity index (χ0n) is 12.6. The van der Waals surface area contributed by atoms with E-state index in [1.807, 2.05) is 0 Å². The highest BCUT2D eigenvalue weighted by Gasteiger charge is 2.35. The van der Waals surface area contributed by atoms with E-state index >= 15 is 0 Å². The lowest BCUT2D eigenvalue weighted by molar-refractivity contribution is -0.137. The van der Waals surface area contributed by atoms with E-state index in [0.29, 0.717) is 8.78 Å². The van der Waals surface area contributed by atoms with Gasteiger partial charge < -0.3 is 5.11 Å². The van der Waals surface area contributed by atoms with Gasteiger partial charge in [0.1, 0.15) is 6.04 Å². The van der Waals surface area contributed by atoms with Crippen LogP contribution in [0, 0.1) is 0 Å². The Labute approximate surface area is 168 Å². The molecule has 0 aliphatic heterocycles. The lowest BCUT2D eigenvalue weighted by atomic mass is 10.2. The molecular weight excluding hydrogens is 476 g/mol. The van der Waals surface area contributed by atoms with Gasteiger partial charge in [-0.05, 0) is 43.3 Å². The molecule has 2 rings (SSSR count). The third-order valence-electron chi connectivity index (χ3n) is 3.31.